The van der Waals surface area contributed by atoms with Crippen molar-refractivity contribution >= 4 is 17.4 Å². The van der Waals surface area contributed by atoms with Gasteiger partial charge in [-0.15, -0.1) is 0 Å². The van der Waals surface area contributed by atoms with Gasteiger partial charge in [-0.3, -0.25) is 10.4 Å². The normalized spacial score (nSPS) is 18.0. The summed E-state index contributed by atoms with van der Waals surface area (Å²) in [6.45, 7) is 8.32. The molecule has 1 atom stereocenters. The molecule has 4 nitrogen and oxygen atoms in total. The Morgan fingerprint density at radius 2 is 2.12 bits per heavy atom. The van der Waals surface area contributed by atoms with Gasteiger partial charge in [-0.1, -0.05) is 32.4 Å². The average Bonchev–Trinajstić information content (AvgIpc) is 2.82. The molecule has 25 heavy (non-hydrogen) atoms. The molecule has 2 rings (SSSR count). The molecule has 0 saturated heterocycles. The molecule has 0 aliphatic carbocycles. The predicted octanol–water partition coefficient (Wildman–Crippen LogP) is 4.98. The van der Waals surface area contributed by atoms with Gasteiger partial charge >= 0.3 is 6.18 Å². The van der Waals surface area contributed by atoms with Crippen LogP contribution in [0, 0.1) is 11.8 Å². The molecule has 140 valence electrons. The zero-order chi connectivity index (χ0) is 18.6. The number of halogens is 4. The SMILES string of the molecule is CC(C)CCOCC1=CN(Nc2ccc(C(F)(F)F)c(Cl)n2)CC1C. The fraction of sp³-hybridized carbons (Fsp3) is 0.588. The van der Waals surface area contributed by atoms with Crippen molar-refractivity contribution in [2.75, 3.05) is 25.2 Å². The summed E-state index contributed by atoms with van der Waals surface area (Å²) in [6.07, 6.45) is -1.59. The Hall–Kier alpha value is -1.47. The van der Waals surface area contributed by atoms with Crippen molar-refractivity contribution in [1.29, 1.82) is 0 Å². The number of nitrogens with one attached hydrogen (secondary N) is 1. The molecule has 1 aliphatic rings. The van der Waals surface area contributed by atoms with Crippen LogP contribution in [0.2, 0.25) is 5.15 Å². The van der Waals surface area contributed by atoms with Crippen LogP contribution in [0.1, 0.15) is 32.8 Å². The Kier molecular flexibility index (Phi) is 6.57. The van der Waals surface area contributed by atoms with Crippen molar-refractivity contribution in [2.24, 2.45) is 11.8 Å². The minimum absolute atomic E-state index is 0.267. The molecule has 8 heteroatoms. The molecule has 2 heterocycles. The largest absolute Gasteiger partial charge is 0.419 e. The molecule has 0 bridgehead atoms. The molecule has 1 N–H and O–H groups in total. The van der Waals surface area contributed by atoms with Crippen molar-refractivity contribution in [3.8, 4) is 0 Å². The minimum atomic E-state index is -4.51. The minimum Gasteiger partial charge on any atom is -0.377 e. The van der Waals surface area contributed by atoms with E-state index in [1.165, 1.54) is 6.07 Å². The van der Waals surface area contributed by atoms with Crippen LogP contribution in [-0.4, -0.2) is 29.8 Å². The van der Waals surface area contributed by atoms with Crippen molar-refractivity contribution < 1.29 is 17.9 Å². The Bertz CT molecular complexity index is 620. The van der Waals surface area contributed by atoms with Gasteiger partial charge in [0.05, 0.1) is 12.2 Å². The van der Waals surface area contributed by atoms with E-state index in [9.17, 15) is 13.2 Å². The second-order valence-corrected chi connectivity index (χ2v) is 6.99. The highest BCUT2D eigenvalue weighted by Gasteiger charge is 2.34. The molecule has 1 unspecified atom stereocenters. The molecule has 0 aromatic carbocycles. The van der Waals surface area contributed by atoms with Crippen LogP contribution in [0.4, 0.5) is 19.0 Å². The summed E-state index contributed by atoms with van der Waals surface area (Å²) >= 11 is 5.64. The second kappa shape index (κ2) is 8.27. The van der Waals surface area contributed by atoms with Gasteiger partial charge in [0.15, 0.2) is 0 Å². The summed E-state index contributed by atoms with van der Waals surface area (Å²) in [5.41, 5.74) is 3.16. The number of alkyl halides is 3. The molecule has 0 fully saturated rings. The van der Waals surface area contributed by atoms with E-state index in [-0.39, 0.29) is 11.7 Å². The number of nitrogens with zero attached hydrogens (tertiary/aromatic N) is 2. The molecule has 1 aliphatic heterocycles. The molecule has 0 spiro atoms. The average molecular weight is 378 g/mol. The lowest BCUT2D eigenvalue weighted by Crippen LogP contribution is -2.25. The first-order valence-corrected chi connectivity index (χ1v) is 8.60. The van der Waals surface area contributed by atoms with Gasteiger partial charge < -0.3 is 4.74 Å². The fourth-order valence-electron chi connectivity index (χ4n) is 2.41. The number of rotatable bonds is 7. The first-order valence-electron chi connectivity index (χ1n) is 8.22. The summed E-state index contributed by atoms with van der Waals surface area (Å²) in [6, 6.07) is 2.20. The molecule has 1 aromatic rings. The number of aromatic nitrogens is 1. The van der Waals surface area contributed by atoms with Gasteiger partial charge in [0.25, 0.3) is 0 Å². The highest BCUT2D eigenvalue weighted by atomic mass is 35.5. The zero-order valence-electron chi connectivity index (χ0n) is 14.5. The number of anilines is 1. The van der Waals surface area contributed by atoms with Gasteiger partial charge in [0, 0.05) is 25.3 Å². The predicted molar refractivity (Wildman–Crippen MR) is 92.1 cm³/mol. The van der Waals surface area contributed by atoms with Crippen LogP contribution in [0.5, 0.6) is 0 Å². The molecule has 0 amide bonds. The molecular formula is C17H23ClF3N3O. The van der Waals surface area contributed by atoms with Gasteiger partial charge in [0.1, 0.15) is 11.0 Å². The van der Waals surface area contributed by atoms with E-state index in [2.05, 4.69) is 31.2 Å². The van der Waals surface area contributed by atoms with Crippen LogP contribution >= 0.6 is 11.6 Å². The lowest BCUT2D eigenvalue weighted by Gasteiger charge is -2.19. The molecular weight excluding hydrogens is 355 g/mol. The smallest absolute Gasteiger partial charge is 0.377 e. The summed E-state index contributed by atoms with van der Waals surface area (Å²) in [7, 11) is 0. The fourth-order valence-corrected chi connectivity index (χ4v) is 2.68. The van der Waals surface area contributed by atoms with Crippen molar-refractivity contribution in [2.45, 2.75) is 33.4 Å². The summed E-state index contributed by atoms with van der Waals surface area (Å²) < 4.78 is 43.8. The maximum absolute atomic E-state index is 12.7. The third-order valence-electron chi connectivity index (χ3n) is 3.95. The third kappa shape index (κ3) is 5.78. The monoisotopic (exact) mass is 377 g/mol. The number of hydrogen-bond acceptors (Lipinski definition) is 4. The second-order valence-electron chi connectivity index (χ2n) is 6.64. The van der Waals surface area contributed by atoms with Gasteiger partial charge in [0.2, 0.25) is 0 Å². The molecule has 0 radical (unpaired) electrons. The summed E-state index contributed by atoms with van der Waals surface area (Å²) in [5, 5.41) is 1.23. The Morgan fingerprint density at radius 3 is 2.72 bits per heavy atom. The van der Waals surface area contributed by atoms with E-state index >= 15 is 0 Å². The van der Waals surface area contributed by atoms with Gasteiger partial charge in [-0.25, -0.2) is 4.98 Å². The number of ether oxygens (including phenoxy) is 1. The Morgan fingerprint density at radius 1 is 1.40 bits per heavy atom. The van der Waals surface area contributed by atoms with E-state index in [1.807, 2.05) is 6.20 Å². The van der Waals surface area contributed by atoms with E-state index in [0.29, 0.717) is 25.7 Å². The number of hydrazine groups is 1. The maximum Gasteiger partial charge on any atom is 0.419 e. The molecule has 1 aromatic heterocycles. The highest BCUT2D eigenvalue weighted by molar-refractivity contribution is 6.30. The Balaban J connectivity index is 1.93. The first kappa shape index (κ1) is 19.8. The van der Waals surface area contributed by atoms with Crippen LogP contribution in [0.3, 0.4) is 0 Å². The standard InChI is InChI=1S/C17H23ClF3N3O/c1-11(2)6-7-25-10-13-9-24(8-12(13)3)23-15-5-4-14(16(18)22-15)17(19,20)21/h4-5,9,11-12H,6-8,10H2,1-3H3,(H,22,23). The number of hydrogen-bond donors (Lipinski definition) is 1. The number of pyridine rings is 1. The lowest BCUT2D eigenvalue weighted by atomic mass is 10.1. The van der Waals surface area contributed by atoms with Crippen molar-refractivity contribution in [1.82, 2.24) is 9.99 Å². The summed E-state index contributed by atoms with van der Waals surface area (Å²) in [5.74, 6) is 1.16. The van der Waals surface area contributed by atoms with E-state index in [4.69, 9.17) is 16.3 Å². The van der Waals surface area contributed by atoms with Crippen LogP contribution in [0.15, 0.2) is 23.9 Å². The lowest BCUT2D eigenvalue weighted by molar-refractivity contribution is -0.137. The van der Waals surface area contributed by atoms with E-state index in [0.717, 1.165) is 18.1 Å². The molecule has 0 saturated carbocycles. The van der Waals surface area contributed by atoms with Gasteiger partial charge in [-0.05, 0) is 30.0 Å². The van der Waals surface area contributed by atoms with Gasteiger partial charge in [-0.2, -0.15) is 13.2 Å². The van der Waals surface area contributed by atoms with Crippen LogP contribution in [0.25, 0.3) is 0 Å². The van der Waals surface area contributed by atoms with E-state index < -0.39 is 16.9 Å². The zero-order valence-corrected chi connectivity index (χ0v) is 15.3. The van der Waals surface area contributed by atoms with Crippen LogP contribution < -0.4 is 5.43 Å². The highest BCUT2D eigenvalue weighted by Crippen LogP contribution is 2.34. The van der Waals surface area contributed by atoms with Crippen molar-refractivity contribution in [3.05, 3.63) is 34.6 Å². The van der Waals surface area contributed by atoms with Crippen molar-refractivity contribution in [3.63, 3.8) is 0 Å². The maximum atomic E-state index is 12.7. The quantitative estimate of drug-likeness (QED) is 0.537. The van der Waals surface area contributed by atoms with Crippen LogP contribution in [-0.2, 0) is 10.9 Å². The third-order valence-corrected chi connectivity index (χ3v) is 4.23. The van der Waals surface area contributed by atoms with E-state index in [1.54, 1.807) is 5.01 Å². The topological polar surface area (TPSA) is 37.4 Å². The Labute approximate surface area is 151 Å². The summed E-state index contributed by atoms with van der Waals surface area (Å²) in [4.78, 5) is 3.78. The first-order chi connectivity index (χ1) is 11.7.